The Morgan fingerprint density at radius 2 is 2.00 bits per heavy atom. The van der Waals surface area contributed by atoms with Crippen LogP contribution in [0.4, 0.5) is 0 Å². The van der Waals surface area contributed by atoms with Crippen molar-refractivity contribution in [1.82, 2.24) is 0 Å². The van der Waals surface area contributed by atoms with Gasteiger partial charge in [-0.15, -0.1) is 0 Å². The molecule has 104 valence electrons. The topological polar surface area (TPSA) is 35.5 Å². The summed E-state index contributed by atoms with van der Waals surface area (Å²) in [6.07, 6.45) is 1.33. The van der Waals surface area contributed by atoms with E-state index in [0.717, 1.165) is 28.4 Å². The molecule has 0 fully saturated rings. The summed E-state index contributed by atoms with van der Waals surface area (Å²) in [5.41, 5.74) is 1.17. The van der Waals surface area contributed by atoms with E-state index in [2.05, 4.69) is 0 Å². The highest BCUT2D eigenvalue weighted by Gasteiger charge is 2.24. The minimum Gasteiger partial charge on any atom is -0.469 e. The molecule has 0 spiro atoms. The summed E-state index contributed by atoms with van der Waals surface area (Å²) in [4.78, 5) is 1.71. The fourth-order valence-corrected chi connectivity index (χ4v) is 3.36. The Morgan fingerprint density at radius 1 is 1.32 bits per heavy atom. The van der Waals surface area contributed by atoms with Gasteiger partial charge in [0.1, 0.15) is 5.76 Å². The van der Waals surface area contributed by atoms with Gasteiger partial charge in [0.05, 0.1) is 15.7 Å². The first kappa shape index (κ1) is 14.3. The zero-order valence-corrected chi connectivity index (χ0v) is 12.5. The molecule has 2 atom stereocenters. The van der Waals surface area contributed by atoms with E-state index in [1.165, 1.54) is 5.56 Å². The maximum atomic E-state index is 12.5. The number of aryl methyl sites for hydroxylation is 1. The normalized spacial score (nSPS) is 21.1. The molecule has 0 amide bonds. The molecule has 1 aromatic rings. The average molecular weight is 280 g/mol. The maximum absolute atomic E-state index is 12.5. The van der Waals surface area contributed by atoms with Crippen molar-refractivity contribution >= 4 is 10.8 Å². The van der Waals surface area contributed by atoms with Crippen LogP contribution in [0.25, 0.3) is 0 Å². The summed E-state index contributed by atoms with van der Waals surface area (Å²) in [5, 5.41) is 0. The zero-order valence-electron chi connectivity index (χ0n) is 11.6. The number of hydrogen-bond acceptors (Lipinski definition) is 3. The van der Waals surface area contributed by atoms with E-state index in [9.17, 15) is 4.21 Å². The van der Waals surface area contributed by atoms with Crippen LogP contribution >= 0.6 is 0 Å². The summed E-state index contributed by atoms with van der Waals surface area (Å²) in [6.45, 7) is 6.47. The lowest BCUT2D eigenvalue weighted by Crippen LogP contribution is -2.22. The summed E-state index contributed by atoms with van der Waals surface area (Å²) in [6, 6.07) is 7.80. The van der Waals surface area contributed by atoms with Crippen molar-refractivity contribution in [2.24, 2.45) is 0 Å². The second kappa shape index (κ2) is 6.35. The van der Waals surface area contributed by atoms with Gasteiger partial charge >= 0.3 is 0 Å². The highest BCUT2D eigenvalue weighted by molar-refractivity contribution is 7.89. The van der Waals surface area contributed by atoms with E-state index < -0.39 is 10.8 Å². The Labute approximate surface area is 117 Å². The Kier molecular flexibility index (Phi) is 4.77. The Balaban J connectivity index is 2.15. The van der Waals surface area contributed by atoms with Gasteiger partial charge < -0.3 is 9.47 Å². The van der Waals surface area contributed by atoms with Crippen LogP contribution in [-0.2, 0) is 20.3 Å². The van der Waals surface area contributed by atoms with Crippen LogP contribution in [0.2, 0.25) is 0 Å². The summed E-state index contributed by atoms with van der Waals surface area (Å²) < 4.78 is 23.6. The molecule has 1 aliphatic rings. The molecule has 0 bridgehead atoms. The van der Waals surface area contributed by atoms with Crippen molar-refractivity contribution in [1.29, 1.82) is 0 Å². The van der Waals surface area contributed by atoms with Crippen LogP contribution in [0.5, 0.6) is 0 Å². The van der Waals surface area contributed by atoms with E-state index in [4.69, 9.17) is 9.47 Å². The molecule has 2 rings (SSSR count). The monoisotopic (exact) mass is 280 g/mol. The molecule has 1 unspecified atom stereocenters. The largest absolute Gasteiger partial charge is 0.469 e. The first-order chi connectivity index (χ1) is 9.11. The van der Waals surface area contributed by atoms with Crippen LogP contribution < -0.4 is 0 Å². The first-order valence-electron chi connectivity index (χ1n) is 6.58. The molecule has 0 aromatic heterocycles. The van der Waals surface area contributed by atoms with Gasteiger partial charge in [-0.2, -0.15) is 0 Å². The molecule has 4 heteroatoms. The Bertz CT molecular complexity index is 491. The third-order valence-electron chi connectivity index (χ3n) is 3.12. The van der Waals surface area contributed by atoms with Crippen LogP contribution in [0, 0.1) is 6.92 Å². The first-order valence-corrected chi connectivity index (χ1v) is 7.73. The fourth-order valence-electron chi connectivity index (χ4n) is 2.08. The molecule has 1 aromatic carbocycles. The molecule has 3 nitrogen and oxygen atoms in total. The van der Waals surface area contributed by atoms with Crippen molar-refractivity contribution in [2.45, 2.75) is 44.8 Å². The second-order valence-corrected chi connectivity index (χ2v) is 6.10. The number of benzene rings is 1. The van der Waals surface area contributed by atoms with Crippen LogP contribution in [0.3, 0.4) is 0 Å². The SMILES string of the molecule is CCO[C@@H]1CCC(S(=O)c2ccc(C)cc2)=C(C)O1. The molecular weight excluding hydrogens is 260 g/mol. The number of ether oxygens (including phenoxy) is 2. The van der Waals surface area contributed by atoms with Gasteiger partial charge in [-0.25, -0.2) is 4.21 Å². The standard InChI is InChI=1S/C15H20O3S/c1-4-17-15-10-9-14(12(3)18-15)19(16)13-7-5-11(2)6-8-13/h5-8,15H,4,9-10H2,1-3H3/t15-,19?/m0/s1. The van der Waals surface area contributed by atoms with Crippen molar-refractivity contribution in [2.75, 3.05) is 6.61 Å². The van der Waals surface area contributed by atoms with Gasteiger partial charge in [0.2, 0.25) is 0 Å². The molecule has 1 aliphatic heterocycles. The number of rotatable bonds is 4. The van der Waals surface area contributed by atoms with Crippen LogP contribution in [-0.4, -0.2) is 17.1 Å². The Morgan fingerprint density at radius 3 is 2.58 bits per heavy atom. The minimum atomic E-state index is -1.13. The minimum absolute atomic E-state index is 0.191. The van der Waals surface area contributed by atoms with Gasteiger partial charge in [-0.3, -0.25) is 0 Å². The van der Waals surface area contributed by atoms with Gasteiger partial charge in [0.25, 0.3) is 0 Å². The van der Waals surface area contributed by atoms with Gasteiger partial charge in [0.15, 0.2) is 6.29 Å². The predicted molar refractivity (Wildman–Crippen MR) is 76.0 cm³/mol. The van der Waals surface area contributed by atoms with Crippen LogP contribution in [0.15, 0.2) is 39.8 Å². The van der Waals surface area contributed by atoms with E-state index in [-0.39, 0.29) is 6.29 Å². The van der Waals surface area contributed by atoms with E-state index >= 15 is 0 Å². The maximum Gasteiger partial charge on any atom is 0.199 e. The van der Waals surface area contributed by atoms with Gasteiger partial charge in [-0.05, 0) is 39.3 Å². The lowest BCUT2D eigenvalue weighted by atomic mass is 10.2. The molecule has 0 N–H and O–H groups in total. The molecule has 0 saturated carbocycles. The van der Waals surface area contributed by atoms with Crippen molar-refractivity contribution < 1.29 is 13.7 Å². The van der Waals surface area contributed by atoms with Gasteiger partial charge in [0, 0.05) is 17.9 Å². The van der Waals surface area contributed by atoms with Crippen molar-refractivity contribution in [3.05, 3.63) is 40.5 Å². The third kappa shape index (κ3) is 3.45. The smallest absolute Gasteiger partial charge is 0.199 e. The molecule has 0 aliphatic carbocycles. The highest BCUT2D eigenvalue weighted by Crippen LogP contribution is 2.29. The number of allylic oxidation sites excluding steroid dienone is 2. The Hall–Kier alpha value is -1.13. The molecule has 0 saturated heterocycles. The van der Waals surface area contributed by atoms with Crippen molar-refractivity contribution in [3.63, 3.8) is 0 Å². The van der Waals surface area contributed by atoms with E-state index in [1.54, 1.807) is 0 Å². The molecule has 1 heterocycles. The van der Waals surface area contributed by atoms with Gasteiger partial charge in [-0.1, -0.05) is 17.7 Å². The lowest BCUT2D eigenvalue weighted by molar-refractivity contribution is -0.122. The van der Waals surface area contributed by atoms with E-state index in [1.807, 2.05) is 45.0 Å². The molecular formula is C15H20O3S. The lowest BCUT2D eigenvalue weighted by Gasteiger charge is -2.26. The van der Waals surface area contributed by atoms with Crippen molar-refractivity contribution in [3.8, 4) is 0 Å². The number of hydrogen-bond donors (Lipinski definition) is 0. The summed E-state index contributed by atoms with van der Waals surface area (Å²) in [7, 11) is -1.13. The summed E-state index contributed by atoms with van der Waals surface area (Å²) >= 11 is 0. The third-order valence-corrected chi connectivity index (χ3v) is 4.76. The predicted octanol–water partition coefficient (Wildman–Crippen LogP) is 3.51. The highest BCUT2D eigenvalue weighted by atomic mass is 32.2. The molecule has 0 radical (unpaired) electrons. The quantitative estimate of drug-likeness (QED) is 0.846. The zero-order chi connectivity index (χ0) is 13.8. The summed E-state index contributed by atoms with van der Waals surface area (Å²) in [5.74, 6) is 0.739. The van der Waals surface area contributed by atoms with Crippen LogP contribution in [0.1, 0.15) is 32.3 Å². The van der Waals surface area contributed by atoms with E-state index in [0.29, 0.717) is 6.61 Å². The average Bonchev–Trinajstić information content (AvgIpc) is 2.39. The fraction of sp³-hybridized carbons (Fsp3) is 0.467. The second-order valence-electron chi connectivity index (χ2n) is 4.60. The molecule has 19 heavy (non-hydrogen) atoms.